The third-order valence-electron chi connectivity index (χ3n) is 3.12. The van der Waals surface area contributed by atoms with Crippen molar-refractivity contribution in [2.45, 2.75) is 46.1 Å². The molecular formula is C14H26N2O. The van der Waals surface area contributed by atoms with Gasteiger partial charge in [-0.15, -0.1) is 0 Å². The quantitative estimate of drug-likeness (QED) is 0.659. The van der Waals surface area contributed by atoms with Gasteiger partial charge in [0.2, 0.25) is 0 Å². The lowest BCUT2D eigenvalue weighted by atomic mass is 9.90. The summed E-state index contributed by atoms with van der Waals surface area (Å²) in [7, 11) is 1.79. The molecule has 1 atom stereocenters. The summed E-state index contributed by atoms with van der Waals surface area (Å²) in [6.45, 7) is 6.58. The van der Waals surface area contributed by atoms with E-state index in [2.05, 4.69) is 23.4 Å². The van der Waals surface area contributed by atoms with E-state index in [1.54, 1.807) is 7.11 Å². The molecule has 3 nitrogen and oxygen atoms in total. The van der Waals surface area contributed by atoms with Crippen LogP contribution >= 0.6 is 0 Å². The molecule has 17 heavy (non-hydrogen) atoms. The SMILES string of the molecule is COCC[C@@H](CCCn1ccnc1)CC(C)C. The minimum Gasteiger partial charge on any atom is -0.385 e. The Morgan fingerprint density at radius 3 is 2.71 bits per heavy atom. The highest BCUT2D eigenvalue weighted by atomic mass is 16.5. The molecule has 1 heterocycles. The Kier molecular flexibility index (Phi) is 6.94. The monoisotopic (exact) mass is 238 g/mol. The maximum absolute atomic E-state index is 5.19. The van der Waals surface area contributed by atoms with Gasteiger partial charge in [-0.05, 0) is 37.5 Å². The molecule has 0 saturated carbocycles. The highest BCUT2D eigenvalue weighted by Crippen LogP contribution is 2.21. The Bertz CT molecular complexity index is 270. The number of ether oxygens (including phenoxy) is 1. The molecule has 0 radical (unpaired) electrons. The summed E-state index contributed by atoms with van der Waals surface area (Å²) in [6, 6.07) is 0. The van der Waals surface area contributed by atoms with E-state index in [9.17, 15) is 0 Å². The van der Waals surface area contributed by atoms with Crippen molar-refractivity contribution in [3.05, 3.63) is 18.7 Å². The fourth-order valence-electron chi connectivity index (χ4n) is 2.31. The first kappa shape index (κ1) is 14.2. The van der Waals surface area contributed by atoms with Crippen molar-refractivity contribution in [2.24, 2.45) is 11.8 Å². The molecule has 0 bridgehead atoms. The topological polar surface area (TPSA) is 27.1 Å². The van der Waals surface area contributed by atoms with Crippen LogP contribution in [0.5, 0.6) is 0 Å². The first-order chi connectivity index (χ1) is 8.22. The van der Waals surface area contributed by atoms with Gasteiger partial charge >= 0.3 is 0 Å². The van der Waals surface area contributed by atoms with Gasteiger partial charge in [-0.3, -0.25) is 0 Å². The van der Waals surface area contributed by atoms with Gasteiger partial charge in [0.25, 0.3) is 0 Å². The number of aromatic nitrogens is 2. The molecule has 0 spiro atoms. The van der Waals surface area contributed by atoms with Crippen molar-refractivity contribution in [3.63, 3.8) is 0 Å². The van der Waals surface area contributed by atoms with Crippen molar-refractivity contribution in [1.29, 1.82) is 0 Å². The summed E-state index contributed by atoms with van der Waals surface area (Å²) >= 11 is 0. The summed E-state index contributed by atoms with van der Waals surface area (Å²) in [5, 5.41) is 0. The van der Waals surface area contributed by atoms with Crippen molar-refractivity contribution < 1.29 is 4.74 Å². The lowest BCUT2D eigenvalue weighted by Crippen LogP contribution is -2.09. The van der Waals surface area contributed by atoms with Gasteiger partial charge in [-0.1, -0.05) is 13.8 Å². The zero-order valence-corrected chi connectivity index (χ0v) is 11.4. The number of nitrogens with zero attached hydrogens (tertiary/aromatic N) is 2. The van der Waals surface area contributed by atoms with E-state index >= 15 is 0 Å². The van der Waals surface area contributed by atoms with E-state index < -0.39 is 0 Å². The highest BCUT2D eigenvalue weighted by Gasteiger charge is 2.10. The Morgan fingerprint density at radius 1 is 1.29 bits per heavy atom. The lowest BCUT2D eigenvalue weighted by Gasteiger charge is -2.18. The number of hydrogen-bond donors (Lipinski definition) is 0. The van der Waals surface area contributed by atoms with Crippen LogP contribution in [0, 0.1) is 11.8 Å². The summed E-state index contributed by atoms with van der Waals surface area (Å²) in [4.78, 5) is 4.06. The third-order valence-corrected chi connectivity index (χ3v) is 3.12. The molecule has 0 aromatic carbocycles. The standard InChI is InChI=1S/C14H26N2O/c1-13(2)11-14(6-10-17-3)5-4-8-16-9-7-15-12-16/h7,9,12-14H,4-6,8,10-11H2,1-3H3/t14-/m1/s1. The number of hydrogen-bond acceptors (Lipinski definition) is 2. The van der Waals surface area contributed by atoms with Crippen LogP contribution in [-0.2, 0) is 11.3 Å². The lowest BCUT2D eigenvalue weighted by molar-refractivity contribution is 0.167. The van der Waals surface area contributed by atoms with Gasteiger partial charge < -0.3 is 9.30 Å². The van der Waals surface area contributed by atoms with Gasteiger partial charge in [0.15, 0.2) is 0 Å². The summed E-state index contributed by atoms with van der Waals surface area (Å²) in [5.74, 6) is 1.59. The van der Waals surface area contributed by atoms with Crippen LogP contribution in [0.1, 0.15) is 39.5 Å². The smallest absolute Gasteiger partial charge is 0.0945 e. The second kappa shape index (κ2) is 8.29. The van der Waals surface area contributed by atoms with Crippen LogP contribution < -0.4 is 0 Å². The fraction of sp³-hybridized carbons (Fsp3) is 0.786. The molecule has 0 fully saturated rings. The van der Waals surface area contributed by atoms with Gasteiger partial charge in [0.05, 0.1) is 6.33 Å². The fourth-order valence-corrected chi connectivity index (χ4v) is 2.31. The van der Waals surface area contributed by atoms with Gasteiger partial charge in [-0.25, -0.2) is 4.98 Å². The van der Waals surface area contributed by atoms with Crippen molar-refractivity contribution >= 4 is 0 Å². The second-order valence-electron chi connectivity index (χ2n) is 5.22. The van der Waals surface area contributed by atoms with Crippen LogP contribution in [0.15, 0.2) is 18.7 Å². The first-order valence-electron chi connectivity index (χ1n) is 6.67. The molecule has 3 heteroatoms. The van der Waals surface area contributed by atoms with E-state index in [4.69, 9.17) is 4.74 Å². The van der Waals surface area contributed by atoms with Crippen LogP contribution in [-0.4, -0.2) is 23.3 Å². The molecule has 1 rings (SSSR count). The summed E-state index contributed by atoms with van der Waals surface area (Å²) in [6.07, 6.45) is 10.8. The van der Waals surface area contributed by atoms with Crippen molar-refractivity contribution in [2.75, 3.05) is 13.7 Å². The van der Waals surface area contributed by atoms with Gasteiger partial charge in [0, 0.05) is 32.7 Å². The molecule has 0 amide bonds. The minimum absolute atomic E-state index is 0.783. The maximum Gasteiger partial charge on any atom is 0.0945 e. The molecule has 0 aliphatic carbocycles. The number of imidazole rings is 1. The Balaban J connectivity index is 2.22. The average Bonchev–Trinajstić information content (AvgIpc) is 2.78. The van der Waals surface area contributed by atoms with E-state index in [-0.39, 0.29) is 0 Å². The Labute approximate surface area is 105 Å². The molecule has 1 aromatic heterocycles. The van der Waals surface area contributed by atoms with Crippen LogP contribution in [0.4, 0.5) is 0 Å². The highest BCUT2D eigenvalue weighted by molar-refractivity contribution is 4.74. The van der Waals surface area contributed by atoms with Crippen molar-refractivity contribution in [1.82, 2.24) is 9.55 Å². The molecule has 98 valence electrons. The Morgan fingerprint density at radius 2 is 2.12 bits per heavy atom. The van der Waals surface area contributed by atoms with E-state index in [0.717, 1.165) is 25.0 Å². The van der Waals surface area contributed by atoms with E-state index in [0.29, 0.717) is 0 Å². The van der Waals surface area contributed by atoms with Gasteiger partial charge in [0.1, 0.15) is 0 Å². The average molecular weight is 238 g/mol. The third kappa shape index (κ3) is 6.47. The number of rotatable bonds is 9. The molecular weight excluding hydrogens is 212 g/mol. The molecule has 0 N–H and O–H groups in total. The normalized spacial score (nSPS) is 13.2. The van der Waals surface area contributed by atoms with E-state index in [1.165, 1.54) is 25.7 Å². The summed E-state index contributed by atoms with van der Waals surface area (Å²) < 4.78 is 7.35. The van der Waals surface area contributed by atoms with Crippen molar-refractivity contribution in [3.8, 4) is 0 Å². The molecule has 0 unspecified atom stereocenters. The van der Waals surface area contributed by atoms with Crippen LogP contribution in [0.25, 0.3) is 0 Å². The predicted octanol–water partition coefficient (Wildman–Crippen LogP) is 3.36. The zero-order chi connectivity index (χ0) is 12.5. The molecule has 0 aliphatic heterocycles. The van der Waals surface area contributed by atoms with E-state index in [1.807, 2.05) is 18.7 Å². The number of aryl methyl sites for hydroxylation is 1. The van der Waals surface area contributed by atoms with Gasteiger partial charge in [-0.2, -0.15) is 0 Å². The maximum atomic E-state index is 5.19. The first-order valence-corrected chi connectivity index (χ1v) is 6.67. The molecule has 1 aromatic rings. The van der Waals surface area contributed by atoms with Crippen LogP contribution in [0.3, 0.4) is 0 Å². The number of methoxy groups -OCH3 is 1. The second-order valence-corrected chi connectivity index (χ2v) is 5.22. The molecule has 0 aliphatic rings. The summed E-state index contributed by atoms with van der Waals surface area (Å²) in [5.41, 5.74) is 0. The zero-order valence-electron chi connectivity index (χ0n) is 11.4. The Hall–Kier alpha value is -0.830. The largest absolute Gasteiger partial charge is 0.385 e. The van der Waals surface area contributed by atoms with Crippen LogP contribution in [0.2, 0.25) is 0 Å². The predicted molar refractivity (Wildman–Crippen MR) is 70.9 cm³/mol. The molecule has 0 saturated heterocycles. The minimum atomic E-state index is 0.783.